The fourth-order valence-corrected chi connectivity index (χ4v) is 3.79. The molecule has 1 aliphatic heterocycles. The van der Waals surface area contributed by atoms with Gasteiger partial charge in [-0.1, -0.05) is 5.57 Å². The molecule has 0 bridgehead atoms. The molecule has 3 rings (SSSR count). The van der Waals surface area contributed by atoms with Gasteiger partial charge in [-0.2, -0.15) is 5.10 Å². The Hall–Kier alpha value is -1.66. The molecule has 1 N–H and O–H groups in total. The second-order valence-electron chi connectivity index (χ2n) is 6.86. The van der Waals surface area contributed by atoms with Crippen molar-refractivity contribution in [1.82, 2.24) is 20.0 Å². The van der Waals surface area contributed by atoms with E-state index >= 15 is 0 Å². The van der Waals surface area contributed by atoms with E-state index in [2.05, 4.69) is 22.4 Å². The Morgan fingerprint density at radius 3 is 2.79 bits per heavy atom. The Morgan fingerprint density at radius 2 is 2.12 bits per heavy atom. The number of hydrogen-bond acceptors (Lipinski definition) is 4. The third kappa shape index (κ3) is 3.54. The molecule has 1 saturated carbocycles. The number of allylic oxidation sites excluding steroid dienone is 1. The lowest BCUT2D eigenvalue weighted by atomic mass is 10.0. The lowest BCUT2D eigenvalue weighted by Gasteiger charge is -2.39. The molecule has 0 radical (unpaired) electrons. The first-order valence-electron chi connectivity index (χ1n) is 8.84. The first kappa shape index (κ1) is 17.2. The topological polar surface area (TPSA) is 59.4 Å². The number of likely N-dealkylation sites (N-methyl/N-ethyl adjacent to an activating group) is 1. The van der Waals surface area contributed by atoms with Crippen LogP contribution >= 0.6 is 0 Å². The zero-order valence-corrected chi connectivity index (χ0v) is 14.9. The SMILES string of the molecule is CC(C(=O)NC[C@@H]1OCCN(C)[C@H]1c1ccnn1C)=C1CCCC1. The number of aryl methyl sites for hydroxylation is 1. The average Bonchev–Trinajstić information content (AvgIpc) is 3.24. The maximum absolute atomic E-state index is 12.5. The number of amides is 1. The summed E-state index contributed by atoms with van der Waals surface area (Å²) < 4.78 is 7.87. The number of ether oxygens (including phenoxy) is 1. The van der Waals surface area contributed by atoms with E-state index in [0.29, 0.717) is 13.2 Å². The molecular weight excluding hydrogens is 304 g/mol. The number of nitrogens with zero attached hydrogens (tertiary/aromatic N) is 3. The Balaban J connectivity index is 1.67. The van der Waals surface area contributed by atoms with E-state index in [9.17, 15) is 4.79 Å². The van der Waals surface area contributed by atoms with Crippen LogP contribution in [0.15, 0.2) is 23.4 Å². The van der Waals surface area contributed by atoms with Crippen LogP contribution in [-0.4, -0.2) is 53.4 Å². The minimum atomic E-state index is -0.0653. The standard InChI is InChI=1S/C18H28N4O2/c1-13(14-6-4-5-7-14)18(23)19-12-16-17(21(2)10-11-24-16)15-8-9-20-22(15)3/h8-9,16-17H,4-7,10-12H2,1-3H3,(H,19,23)/t16-,17-/m0/s1. The van der Waals surface area contributed by atoms with Crippen LogP contribution in [0.25, 0.3) is 0 Å². The van der Waals surface area contributed by atoms with Crippen molar-refractivity contribution in [2.24, 2.45) is 7.05 Å². The second kappa shape index (κ2) is 7.49. The largest absolute Gasteiger partial charge is 0.373 e. The normalized spacial score (nSPS) is 25.0. The highest BCUT2D eigenvalue weighted by Crippen LogP contribution is 2.28. The molecule has 0 spiro atoms. The van der Waals surface area contributed by atoms with Crippen molar-refractivity contribution in [2.75, 3.05) is 26.7 Å². The molecule has 24 heavy (non-hydrogen) atoms. The van der Waals surface area contributed by atoms with Crippen LogP contribution in [0, 0.1) is 0 Å². The van der Waals surface area contributed by atoms with Gasteiger partial charge in [0.05, 0.1) is 24.4 Å². The molecule has 1 amide bonds. The summed E-state index contributed by atoms with van der Waals surface area (Å²) in [5.74, 6) is 0.0486. The summed E-state index contributed by atoms with van der Waals surface area (Å²) in [5, 5.41) is 7.36. The van der Waals surface area contributed by atoms with Gasteiger partial charge in [0, 0.05) is 31.9 Å². The molecule has 1 aliphatic carbocycles. The summed E-state index contributed by atoms with van der Waals surface area (Å²) in [5.41, 5.74) is 3.33. The quantitative estimate of drug-likeness (QED) is 0.854. The predicted octanol–water partition coefficient (Wildman–Crippen LogP) is 1.80. The fraction of sp³-hybridized carbons (Fsp3) is 0.667. The van der Waals surface area contributed by atoms with E-state index in [0.717, 1.165) is 30.7 Å². The van der Waals surface area contributed by atoms with Gasteiger partial charge in [-0.05, 0) is 45.7 Å². The number of carbonyl (C=O) groups is 1. The van der Waals surface area contributed by atoms with E-state index in [1.54, 1.807) is 0 Å². The van der Waals surface area contributed by atoms with E-state index in [4.69, 9.17) is 4.74 Å². The van der Waals surface area contributed by atoms with Crippen LogP contribution in [0.2, 0.25) is 0 Å². The lowest BCUT2D eigenvalue weighted by Crippen LogP contribution is -2.49. The summed E-state index contributed by atoms with van der Waals surface area (Å²) in [7, 11) is 4.04. The smallest absolute Gasteiger partial charge is 0.246 e. The molecule has 2 heterocycles. The fourth-order valence-electron chi connectivity index (χ4n) is 3.79. The number of rotatable bonds is 4. The highest BCUT2D eigenvalue weighted by Gasteiger charge is 2.33. The molecule has 1 saturated heterocycles. The second-order valence-corrected chi connectivity index (χ2v) is 6.86. The van der Waals surface area contributed by atoms with Crippen molar-refractivity contribution in [1.29, 1.82) is 0 Å². The lowest BCUT2D eigenvalue weighted by molar-refractivity contribution is -0.119. The van der Waals surface area contributed by atoms with Gasteiger partial charge in [0.2, 0.25) is 5.91 Å². The summed E-state index contributed by atoms with van der Waals surface area (Å²) in [4.78, 5) is 14.7. The van der Waals surface area contributed by atoms with Crippen LogP contribution in [0.4, 0.5) is 0 Å². The van der Waals surface area contributed by atoms with Gasteiger partial charge >= 0.3 is 0 Å². The zero-order chi connectivity index (χ0) is 17.1. The Morgan fingerprint density at radius 1 is 1.38 bits per heavy atom. The molecule has 1 aromatic heterocycles. The van der Waals surface area contributed by atoms with Crippen molar-refractivity contribution in [3.05, 3.63) is 29.1 Å². The van der Waals surface area contributed by atoms with Crippen molar-refractivity contribution in [3.8, 4) is 0 Å². The highest BCUT2D eigenvalue weighted by atomic mass is 16.5. The molecule has 6 nitrogen and oxygen atoms in total. The van der Waals surface area contributed by atoms with Crippen LogP contribution in [0.5, 0.6) is 0 Å². The molecule has 1 aromatic rings. The van der Waals surface area contributed by atoms with Crippen LogP contribution in [0.1, 0.15) is 44.3 Å². The minimum Gasteiger partial charge on any atom is -0.373 e. The van der Waals surface area contributed by atoms with Crippen LogP contribution in [0.3, 0.4) is 0 Å². The number of morpholine rings is 1. The molecule has 2 atom stereocenters. The van der Waals surface area contributed by atoms with E-state index in [1.807, 2.05) is 30.9 Å². The molecule has 2 fully saturated rings. The third-order valence-electron chi connectivity index (χ3n) is 5.31. The van der Waals surface area contributed by atoms with Crippen molar-refractivity contribution >= 4 is 5.91 Å². The van der Waals surface area contributed by atoms with Crippen molar-refractivity contribution in [3.63, 3.8) is 0 Å². The summed E-state index contributed by atoms with van der Waals surface area (Å²) in [6.45, 7) is 4.03. The summed E-state index contributed by atoms with van der Waals surface area (Å²) in [6.07, 6.45) is 6.30. The molecule has 6 heteroatoms. The minimum absolute atomic E-state index is 0.0486. The van der Waals surface area contributed by atoms with Crippen molar-refractivity contribution in [2.45, 2.75) is 44.8 Å². The van der Waals surface area contributed by atoms with E-state index in [-0.39, 0.29) is 18.1 Å². The van der Waals surface area contributed by atoms with Gasteiger partial charge in [-0.25, -0.2) is 0 Å². The molecule has 0 unspecified atom stereocenters. The van der Waals surface area contributed by atoms with Gasteiger partial charge in [0.15, 0.2) is 0 Å². The third-order valence-corrected chi connectivity index (χ3v) is 5.31. The van der Waals surface area contributed by atoms with Crippen LogP contribution in [-0.2, 0) is 16.6 Å². The number of hydrogen-bond donors (Lipinski definition) is 1. The van der Waals surface area contributed by atoms with Gasteiger partial charge in [0.25, 0.3) is 0 Å². The molecule has 2 aliphatic rings. The first-order valence-corrected chi connectivity index (χ1v) is 8.84. The van der Waals surface area contributed by atoms with Gasteiger partial charge in [0.1, 0.15) is 0 Å². The zero-order valence-electron chi connectivity index (χ0n) is 14.9. The molecule has 132 valence electrons. The molecule has 0 aromatic carbocycles. The highest BCUT2D eigenvalue weighted by molar-refractivity contribution is 5.93. The van der Waals surface area contributed by atoms with Gasteiger partial charge in [-0.3, -0.25) is 14.4 Å². The maximum Gasteiger partial charge on any atom is 0.246 e. The number of nitrogens with one attached hydrogen (secondary N) is 1. The Labute approximate surface area is 143 Å². The van der Waals surface area contributed by atoms with Gasteiger partial charge < -0.3 is 10.1 Å². The van der Waals surface area contributed by atoms with Crippen LogP contribution < -0.4 is 5.32 Å². The van der Waals surface area contributed by atoms with E-state index < -0.39 is 0 Å². The first-order chi connectivity index (χ1) is 11.6. The summed E-state index contributed by atoms with van der Waals surface area (Å²) in [6, 6.07) is 2.13. The summed E-state index contributed by atoms with van der Waals surface area (Å²) >= 11 is 0. The number of aromatic nitrogens is 2. The average molecular weight is 332 g/mol. The Bertz CT molecular complexity index is 614. The van der Waals surface area contributed by atoms with Crippen molar-refractivity contribution < 1.29 is 9.53 Å². The monoisotopic (exact) mass is 332 g/mol. The number of carbonyl (C=O) groups excluding carboxylic acids is 1. The maximum atomic E-state index is 12.5. The Kier molecular flexibility index (Phi) is 5.36. The predicted molar refractivity (Wildman–Crippen MR) is 92.5 cm³/mol. The van der Waals surface area contributed by atoms with E-state index in [1.165, 1.54) is 18.4 Å². The van der Waals surface area contributed by atoms with Gasteiger partial charge in [-0.15, -0.1) is 0 Å². The molecular formula is C18H28N4O2.